The van der Waals surface area contributed by atoms with E-state index in [9.17, 15) is 24.6 Å². The van der Waals surface area contributed by atoms with Gasteiger partial charge in [0, 0.05) is 11.6 Å². The van der Waals surface area contributed by atoms with Gasteiger partial charge in [0.2, 0.25) is 0 Å². The molecule has 2 N–H and O–H groups in total. The van der Waals surface area contributed by atoms with Crippen molar-refractivity contribution in [2.45, 2.75) is 13.8 Å². The lowest BCUT2D eigenvalue weighted by atomic mass is 9.97. The van der Waals surface area contributed by atoms with Crippen molar-refractivity contribution in [1.29, 1.82) is 0 Å². The molecule has 6 heteroatoms. The van der Waals surface area contributed by atoms with Gasteiger partial charge in [0.15, 0.2) is 22.6 Å². The molecule has 3 rings (SSSR count). The first kappa shape index (κ1) is 16.4. The summed E-state index contributed by atoms with van der Waals surface area (Å²) in [6.07, 6.45) is 0. The van der Waals surface area contributed by atoms with Crippen molar-refractivity contribution in [1.82, 2.24) is 0 Å². The number of fused-ring (bicyclic) bond motifs is 1. The average Bonchev–Trinajstić information content (AvgIpc) is 2.54. The van der Waals surface area contributed by atoms with Crippen molar-refractivity contribution in [2.24, 2.45) is 0 Å². The topological polar surface area (TPSA) is 105 Å². The van der Waals surface area contributed by atoms with E-state index in [0.717, 1.165) is 6.92 Å². The molecule has 0 saturated heterocycles. The first-order chi connectivity index (χ1) is 11.8. The van der Waals surface area contributed by atoms with E-state index < -0.39 is 34.1 Å². The number of hydrogen-bond acceptors (Lipinski definition) is 6. The van der Waals surface area contributed by atoms with Gasteiger partial charge in [0.1, 0.15) is 33.8 Å². The normalized spacial score (nSPS) is 10.8. The molecule has 0 amide bonds. The van der Waals surface area contributed by atoms with Crippen molar-refractivity contribution < 1.29 is 24.2 Å². The molecule has 6 nitrogen and oxygen atoms in total. The second-order valence-corrected chi connectivity index (χ2v) is 5.60. The lowest BCUT2D eigenvalue weighted by Crippen LogP contribution is -2.08. The van der Waals surface area contributed by atoms with Crippen LogP contribution in [0.25, 0.3) is 22.3 Å². The van der Waals surface area contributed by atoms with Crippen LogP contribution in [-0.2, 0) is 0 Å². The van der Waals surface area contributed by atoms with Crippen molar-refractivity contribution in [3.63, 3.8) is 0 Å². The van der Waals surface area contributed by atoms with Crippen LogP contribution in [0.3, 0.4) is 0 Å². The molecule has 1 heterocycles. The van der Waals surface area contributed by atoms with E-state index in [0.29, 0.717) is 5.56 Å². The molecule has 1 aromatic heterocycles. The third-order valence-corrected chi connectivity index (χ3v) is 3.88. The van der Waals surface area contributed by atoms with E-state index in [1.807, 2.05) is 0 Å². The number of hydrogen-bond donors (Lipinski definition) is 2. The Labute approximate surface area is 142 Å². The summed E-state index contributed by atoms with van der Waals surface area (Å²) in [5.74, 6) is -2.49. The quantitative estimate of drug-likeness (QED) is 0.710. The first-order valence-electron chi connectivity index (χ1n) is 7.46. The Morgan fingerprint density at radius 3 is 2.08 bits per heavy atom. The molecule has 0 aliphatic carbocycles. The molecule has 3 aromatic rings. The second kappa shape index (κ2) is 5.90. The Bertz CT molecular complexity index is 1080. The van der Waals surface area contributed by atoms with E-state index in [1.165, 1.54) is 13.0 Å². The zero-order valence-electron chi connectivity index (χ0n) is 13.5. The minimum Gasteiger partial charge on any atom is -0.506 e. The molecule has 0 unspecified atom stereocenters. The summed E-state index contributed by atoms with van der Waals surface area (Å²) in [5, 5.41) is 20.3. The Morgan fingerprint density at radius 1 is 0.920 bits per heavy atom. The molecule has 0 radical (unpaired) electrons. The van der Waals surface area contributed by atoms with E-state index >= 15 is 0 Å². The van der Waals surface area contributed by atoms with Crippen molar-refractivity contribution in [3.05, 3.63) is 57.7 Å². The van der Waals surface area contributed by atoms with Crippen molar-refractivity contribution >= 4 is 22.5 Å². The molecular formula is C19H14O6. The minimum atomic E-state index is -0.696. The van der Waals surface area contributed by atoms with Crippen LogP contribution in [0.2, 0.25) is 0 Å². The fraction of sp³-hybridized carbons (Fsp3) is 0.105. The van der Waals surface area contributed by atoms with Crippen LogP contribution in [0.5, 0.6) is 11.5 Å². The summed E-state index contributed by atoms with van der Waals surface area (Å²) in [6.45, 7) is 2.29. The van der Waals surface area contributed by atoms with Gasteiger partial charge in [-0.1, -0.05) is 30.3 Å². The number of carbonyl (C=O) groups excluding carboxylic acids is 2. The highest BCUT2D eigenvalue weighted by molar-refractivity contribution is 6.15. The number of aromatic hydroxyl groups is 2. The summed E-state index contributed by atoms with van der Waals surface area (Å²) in [7, 11) is 0. The standard InChI is InChI=1S/C19H14O6/c1-9(20)14-17(23)15(10(2)21)19-16(18(14)24)12(22)8-13(25-19)11-6-4-3-5-7-11/h3-8,23-24H,1-2H3. The second-order valence-electron chi connectivity index (χ2n) is 5.60. The number of benzene rings is 2. The smallest absolute Gasteiger partial charge is 0.197 e. The Hall–Kier alpha value is -3.41. The molecule has 0 fully saturated rings. The number of phenolic OH excluding ortho intramolecular Hbond substituents is 2. The molecule has 0 bridgehead atoms. The lowest BCUT2D eigenvalue weighted by molar-refractivity contribution is 0.101. The number of ketones is 2. The van der Waals surface area contributed by atoms with Gasteiger partial charge in [-0.05, 0) is 13.8 Å². The molecule has 0 atom stereocenters. The van der Waals surface area contributed by atoms with Gasteiger partial charge in [-0.3, -0.25) is 14.4 Å². The summed E-state index contributed by atoms with van der Waals surface area (Å²) >= 11 is 0. The van der Waals surface area contributed by atoms with Gasteiger partial charge in [0.25, 0.3) is 0 Å². The maximum Gasteiger partial charge on any atom is 0.197 e. The first-order valence-corrected chi connectivity index (χ1v) is 7.46. The summed E-state index contributed by atoms with van der Waals surface area (Å²) < 4.78 is 5.67. The molecule has 0 saturated carbocycles. The van der Waals surface area contributed by atoms with E-state index in [-0.39, 0.29) is 22.3 Å². The monoisotopic (exact) mass is 338 g/mol. The van der Waals surface area contributed by atoms with Gasteiger partial charge in [0.05, 0.1) is 0 Å². The van der Waals surface area contributed by atoms with E-state index in [2.05, 4.69) is 0 Å². The van der Waals surface area contributed by atoms with Crippen LogP contribution in [0.4, 0.5) is 0 Å². The highest BCUT2D eigenvalue weighted by atomic mass is 16.3. The number of Topliss-reactive ketones (excluding diaryl/α,β-unsaturated/α-hetero) is 2. The third-order valence-electron chi connectivity index (χ3n) is 3.88. The van der Waals surface area contributed by atoms with Crippen LogP contribution in [0.15, 0.2) is 45.6 Å². The third kappa shape index (κ3) is 2.57. The largest absolute Gasteiger partial charge is 0.506 e. The van der Waals surface area contributed by atoms with Crippen LogP contribution in [0, 0.1) is 0 Å². The zero-order chi connectivity index (χ0) is 18.3. The van der Waals surface area contributed by atoms with Crippen molar-refractivity contribution in [3.8, 4) is 22.8 Å². The molecule has 126 valence electrons. The van der Waals surface area contributed by atoms with Crippen molar-refractivity contribution in [2.75, 3.05) is 0 Å². The molecular weight excluding hydrogens is 324 g/mol. The van der Waals surface area contributed by atoms with Crippen LogP contribution in [-0.4, -0.2) is 21.8 Å². The Balaban J connectivity index is 2.52. The lowest BCUT2D eigenvalue weighted by Gasteiger charge is -2.12. The maximum absolute atomic E-state index is 12.5. The number of phenols is 2. The number of rotatable bonds is 3. The van der Waals surface area contributed by atoms with Gasteiger partial charge >= 0.3 is 0 Å². The van der Waals surface area contributed by atoms with Crippen LogP contribution < -0.4 is 5.43 Å². The molecule has 0 aliphatic heterocycles. The van der Waals surface area contributed by atoms with Crippen LogP contribution >= 0.6 is 0 Å². The van der Waals surface area contributed by atoms with Gasteiger partial charge < -0.3 is 14.6 Å². The maximum atomic E-state index is 12.5. The fourth-order valence-electron chi connectivity index (χ4n) is 2.77. The molecule has 0 spiro atoms. The van der Waals surface area contributed by atoms with E-state index in [4.69, 9.17) is 4.42 Å². The predicted molar refractivity (Wildman–Crippen MR) is 91.3 cm³/mol. The summed E-state index contributed by atoms with van der Waals surface area (Å²) in [6, 6.07) is 9.88. The highest BCUT2D eigenvalue weighted by Gasteiger charge is 2.27. The van der Waals surface area contributed by atoms with Gasteiger partial charge in [-0.25, -0.2) is 0 Å². The summed E-state index contributed by atoms with van der Waals surface area (Å²) in [5.41, 5.74) is -1.07. The van der Waals surface area contributed by atoms with E-state index in [1.54, 1.807) is 30.3 Å². The Kier molecular flexibility index (Phi) is 3.88. The minimum absolute atomic E-state index is 0.176. The average molecular weight is 338 g/mol. The summed E-state index contributed by atoms with van der Waals surface area (Å²) in [4.78, 5) is 36.3. The number of carbonyl (C=O) groups is 2. The molecule has 0 aliphatic rings. The van der Waals surface area contributed by atoms with Gasteiger partial charge in [-0.15, -0.1) is 0 Å². The fourth-order valence-corrected chi connectivity index (χ4v) is 2.77. The molecule has 25 heavy (non-hydrogen) atoms. The SMILES string of the molecule is CC(=O)c1c(O)c(C(C)=O)c2oc(-c3ccccc3)cc(=O)c2c1O. The van der Waals surface area contributed by atoms with Crippen LogP contribution in [0.1, 0.15) is 34.6 Å². The zero-order valence-corrected chi connectivity index (χ0v) is 13.5. The molecule has 2 aromatic carbocycles. The van der Waals surface area contributed by atoms with Gasteiger partial charge in [-0.2, -0.15) is 0 Å². The Morgan fingerprint density at radius 2 is 1.52 bits per heavy atom. The predicted octanol–water partition coefficient (Wildman–Crippen LogP) is 3.28. The highest BCUT2D eigenvalue weighted by Crippen LogP contribution is 2.40.